The summed E-state index contributed by atoms with van der Waals surface area (Å²) in [6.07, 6.45) is 1.87. The average molecular weight is 275 g/mol. The van der Waals surface area contributed by atoms with Crippen molar-refractivity contribution in [3.8, 4) is 5.75 Å². The third-order valence-electron chi connectivity index (χ3n) is 3.73. The molecule has 2 aromatic rings. The van der Waals surface area contributed by atoms with Gasteiger partial charge in [0.15, 0.2) is 0 Å². The van der Waals surface area contributed by atoms with Gasteiger partial charge in [-0.3, -0.25) is 9.58 Å². The van der Waals surface area contributed by atoms with Crippen molar-refractivity contribution in [3.63, 3.8) is 0 Å². The SMILES string of the molecule is Cc1cnn(C)c1CN1CCOc2ccc(F)cc2C1. The van der Waals surface area contributed by atoms with Gasteiger partial charge in [0.1, 0.15) is 18.2 Å². The van der Waals surface area contributed by atoms with Gasteiger partial charge < -0.3 is 4.74 Å². The van der Waals surface area contributed by atoms with E-state index in [-0.39, 0.29) is 5.82 Å². The predicted octanol–water partition coefficient (Wildman–Crippen LogP) is 2.26. The van der Waals surface area contributed by atoms with Crippen molar-refractivity contribution in [2.45, 2.75) is 20.0 Å². The standard InChI is InChI=1S/C15H18FN3O/c1-11-8-17-18(2)14(11)10-19-5-6-20-15-4-3-13(16)7-12(15)9-19/h3-4,7-8H,5-6,9-10H2,1-2H3. The lowest BCUT2D eigenvalue weighted by atomic mass is 10.1. The molecule has 4 nitrogen and oxygen atoms in total. The van der Waals surface area contributed by atoms with Crippen LogP contribution in [0, 0.1) is 12.7 Å². The van der Waals surface area contributed by atoms with Crippen LogP contribution in [-0.2, 0) is 20.1 Å². The maximum absolute atomic E-state index is 13.4. The van der Waals surface area contributed by atoms with E-state index >= 15 is 0 Å². The summed E-state index contributed by atoms with van der Waals surface area (Å²) < 4.78 is 21.0. The molecule has 1 aromatic carbocycles. The zero-order valence-electron chi connectivity index (χ0n) is 11.8. The van der Waals surface area contributed by atoms with Crippen LogP contribution >= 0.6 is 0 Å². The molecule has 0 spiro atoms. The second-order valence-corrected chi connectivity index (χ2v) is 5.21. The van der Waals surface area contributed by atoms with E-state index in [1.807, 2.05) is 17.9 Å². The lowest BCUT2D eigenvalue weighted by Gasteiger charge is -2.19. The Bertz CT molecular complexity index is 604. The van der Waals surface area contributed by atoms with Gasteiger partial charge >= 0.3 is 0 Å². The highest BCUT2D eigenvalue weighted by Gasteiger charge is 2.18. The molecule has 0 amide bonds. The third-order valence-corrected chi connectivity index (χ3v) is 3.73. The van der Waals surface area contributed by atoms with Crippen LogP contribution in [0.5, 0.6) is 5.75 Å². The van der Waals surface area contributed by atoms with E-state index in [1.54, 1.807) is 12.1 Å². The van der Waals surface area contributed by atoms with E-state index in [1.165, 1.54) is 17.3 Å². The van der Waals surface area contributed by atoms with Crippen molar-refractivity contribution in [2.24, 2.45) is 7.05 Å². The van der Waals surface area contributed by atoms with Gasteiger partial charge in [-0.1, -0.05) is 0 Å². The van der Waals surface area contributed by atoms with Gasteiger partial charge in [0.2, 0.25) is 0 Å². The van der Waals surface area contributed by atoms with Crippen LogP contribution in [-0.4, -0.2) is 27.8 Å². The van der Waals surface area contributed by atoms with Gasteiger partial charge in [-0.2, -0.15) is 5.10 Å². The summed E-state index contributed by atoms with van der Waals surface area (Å²) in [5.41, 5.74) is 3.27. The van der Waals surface area contributed by atoms with Crippen LogP contribution in [0.1, 0.15) is 16.8 Å². The minimum atomic E-state index is -0.217. The number of rotatable bonds is 2. The normalized spacial score (nSPS) is 15.6. The zero-order valence-corrected chi connectivity index (χ0v) is 11.8. The number of benzene rings is 1. The first-order valence-corrected chi connectivity index (χ1v) is 6.74. The molecule has 0 radical (unpaired) electrons. The Labute approximate surface area is 117 Å². The fourth-order valence-corrected chi connectivity index (χ4v) is 2.56. The molecule has 1 aromatic heterocycles. The maximum atomic E-state index is 13.4. The molecule has 0 bridgehead atoms. The number of halogens is 1. The van der Waals surface area contributed by atoms with Crippen LogP contribution < -0.4 is 4.74 Å². The summed E-state index contributed by atoms with van der Waals surface area (Å²) in [5.74, 6) is 0.571. The van der Waals surface area contributed by atoms with Gasteiger partial charge in [0.25, 0.3) is 0 Å². The summed E-state index contributed by atoms with van der Waals surface area (Å²) in [4.78, 5) is 2.26. The minimum absolute atomic E-state index is 0.217. The predicted molar refractivity (Wildman–Crippen MR) is 74.0 cm³/mol. The highest BCUT2D eigenvalue weighted by Crippen LogP contribution is 2.25. The molecule has 0 atom stereocenters. The fourth-order valence-electron chi connectivity index (χ4n) is 2.56. The molecular formula is C15H18FN3O. The van der Waals surface area contributed by atoms with E-state index < -0.39 is 0 Å². The molecule has 2 heterocycles. The summed E-state index contributed by atoms with van der Waals surface area (Å²) in [5, 5.41) is 4.26. The molecule has 5 heteroatoms. The number of fused-ring (bicyclic) bond motifs is 1. The summed E-state index contributed by atoms with van der Waals surface area (Å²) >= 11 is 0. The number of hydrogen-bond donors (Lipinski definition) is 0. The van der Waals surface area contributed by atoms with Gasteiger partial charge in [0, 0.05) is 32.2 Å². The Morgan fingerprint density at radius 2 is 2.25 bits per heavy atom. The van der Waals surface area contributed by atoms with Crippen molar-refractivity contribution in [2.75, 3.05) is 13.2 Å². The summed E-state index contributed by atoms with van der Waals surface area (Å²) in [7, 11) is 1.95. The molecule has 3 rings (SSSR count). The monoisotopic (exact) mass is 275 g/mol. The summed E-state index contributed by atoms with van der Waals surface area (Å²) in [6.45, 7) is 4.99. The molecule has 0 N–H and O–H groups in total. The smallest absolute Gasteiger partial charge is 0.124 e. The number of ether oxygens (including phenoxy) is 1. The maximum Gasteiger partial charge on any atom is 0.124 e. The van der Waals surface area contributed by atoms with Crippen LogP contribution in [0.25, 0.3) is 0 Å². The second kappa shape index (κ2) is 5.25. The van der Waals surface area contributed by atoms with Gasteiger partial charge in [-0.05, 0) is 30.7 Å². The minimum Gasteiger partial charge on any atom is -0.492 e. The molecule has 0 saturated carbocycles. The highest BCUT2D eigenvalue weighted by molar-refractivity contribution is 5.34. The Morgan fingerprint density at radius 1 is 1.40 bits per heavy atom. The quantitative estimate of drug-likeness (QED) is 0.842. The lowest BCUT2D eigenvalue weighted by molar-refractivity contribution is 0.215. The Hall–Kier alpha value is -1.88. The lowest BCUT2D eigenvalue weighted by Crippen LogP contribution is -2.26. The molecule has 0 unspecified atom stereocenters. The second-order valence-electron chi connectivity index (χ2n) is 5.21. The van der Waals surface area contributed by atoms with Crippen LogP contribution in [0.4, 0.5) is 4.39 Å². The van der Waals surface area contributed by atoms with E-state index in [2.05, 4.69) is 16.9 Å². The van der Waals surface area contributed by atoms with E-state index in [4.69, 9.17) is 4.74 Å². The third kappa shape index (κ3) is 2.54. The molecule has 1 aliphatic rings. The Morgan fingerprint density at radius 3 is 3.00 bits per heavy atom. The van der Waals surface area contributed by atoms with Crippen molar-refractivity contribution >= 4 is 0 Å². The molecule has 1 aliphatic heterocycles. The average Bonchev–Trinajstić information content (AvgIpc) is 2.64. The molecule has 0 saturated heterocycles. The van der Waals surface area contributed by atoms with Gasteiger partial charge in [0.05, 0.1) is 11.9 Å². The number of aryl methyl sites for hydroxylation is 2. The Balaban J connectivity index is 1.82. The largest absolute Gasteiger partial charge is 0.492 e. The topological polar surface area (TPSA) is 30.3 Å². The van der Waals surface area contributed by atoms with Crippen LogP contribution in [0.2, 0.25) is 0 Å². The van der Waals surface area contributed by atoms with Crippen LogP contribution in [0.3, 0.4) is 0 Å². The Kier molecular flexibility index (Phi) is 3.44. The fraction of sp³-hybridized carbons (Fsp3) is 0.400. The number of nitrogens with zero attached hydrogens (tertiary/aromatic N) is 3. The number of hydrogen-bond acceptors (Lipinski definition) is 3. The van der Waals surface area contributed by atoms with E-state index in [0.29, 0.717) is 13.2 Å². The van der Waals surface area contributed by atoms with Crippen LogP contribution in [0.15, 0.2) is 24.4 Å². The van der Waals surface area contributed by atoms with Crippen molar-refractivity contribution < 1.29 is 9.13 Å². The number of aromatic nitrogens is 2. The van der Waals surface area contributed by atoms with Gasteiger partial charge in [-0.25, -0.2) is 4.39 Å². The van der Waals surface area contributed by atoms with Gasteiger partial charge in [-0.15, -0.1) is 0 Å². The molecule has 0 aliphatic carbocycles. The van der Waals surface area contributed by atoms with Crippen molar-refractivity contribution in [1.82, 2.24) is 14.7 Å². The highest BCUT2D eigenvalue weighted by atomic mass is 19.1. The van der Waals surface area contributed by atoms with E-state index in [9.17, 15) is 4.39 Å². The zero-order chi connectivity index (χ0) is 14.1. The first kappa shape index (κ1) is 13.1. The summed E-state index contributed by atoms with van der Waals surface area (Å²) in [6, 6.07) is 4.72. The first-order valence-electron chi connectivity index (χ1n) is 6.74. The van der Waals surface area contributed by atoms with Crippen molar-refractivity contribution in [1.29, 1.82) is 0 Å². The molecular weight excluding hydrogens is 257 g/mol. The molecule has 106 valence electrons. The van der Waals surface area contributed by atoms with E-state index in [0.717, 1.165) is 24.4 Å². The first-order chi connectivity index (χ1) is 9.63. The van der Waals surface area contributed by atoms with Crippen molar-refractivity contribution in [3.05, 3.63) is 47.0 Å². The molecule has 20 heavy (non-hydrogen) atoms. The molecule has 0 fully saturated rings.